The highest BCUT2D eigenvalue weighted by molar-refractivity contribution is 7.89. The van der Waals surface area contributed by atoms with E-state index < -0.39 is 10.0 Å². The Kier molecular flexibility index (Phi) is 8.04. The molecular weight excluding hydrogens is 392 g/mol. The number of hydrogen-bond acceptors (Lipinski definition) is 5. The first kappa shape index (κ1) is 22.7. The smallest absolute Gasteiger partial charge is 0.262 e. The van der Waals surface area contributed by atoms with Crippen LogP contribution in [0.4, 0.5) is 5.69 Å². The molecule has 2 aromatic carbocycles. The molecule has 0 radical (unpaired) electrons. The number of rotatable bonds is 10. The number of amides is 1. The van der Waals surface area contributed by atoms with E-state index >= 15 is 0 Å². The second-order valence-corrected chi connectivity index (χ2v) is 8.77. The normalized spacial score (nSPS) is 11.5. The number of benzene rings is 2. The zero-order valence-electron chi connectivity index (χ0n) is 17.2. The fourth-order valence-corrected chi connectivity index (χ4v) is 3.76. The predicted octanol–water partition coefficient (Wildman–Crippen LogP) is 3.52. The Morgan fingerprint density at radius 2 is 1.62 bits per heavy atom. The Morgan fingerprint density at radius 3 is 2.17 bits per heavy atom. The number of hydrogen-bond donors (Lipinski definition) is 1. The van der Waals surface area contributed by atoms with Gasteiger partial charge in [-0.15, -0.1) is 0 Å². The Hall–Kier alpha value is -2.58. The van der Waals surface area contributed by atoms with Crippen molar-refractivity contribution in [3.8, 4) is 11.5 Å². The molecule has 0 saturated carbocycles. The van der Waals surface area contributed by atoms with Crippen LogP contribution in [0.1, 0.15) is 27.2 Å². The van der Waals surface area contributed by atoms with E-state index in [1.807, 2.05) is 13.0 Å². The maximum atomic E-state index is 12.5. The van der Waals surface area contributed by atoms with Crippen LogP contribution in [0.5, 0.6) is 11.5 Å². The number of carbonyl (C=O) groups is 1. The van der Waals surface area contributed by atoms with Crippen LogP contribution in [-0.2, 0) is 14.8 Å². The van der Waals surface area contributed by atoms with Gasteiger partial charge in [-0.2, -0.15) is 4.31 Å². The minimum absolute atomic E-state index is 0.152. The number of nitrogens with zero attached hydrogens (tertiary/aromatic N) is 1. The maximum Gasteiger partial charge on any atom is 0.262 e. The second-order valence-electron chi connectivity index (χ2n) is 6.77. The summed E-state index contributed by atoms with van der Waals surface area (Å²) in [5.74, 6) is 0.727. The molecule has 29 heavy (non-hydrogen) atoms. The Bertz CT molecular complexity index is 911. The van der Waals surface area contributed by atoms with Crippen LogP contribution in [0.3, 0.4) is 0 Å². The number of sulfonamides is 1. The van der Waals surface area contributed by atoms with E-state index in [0.29, 0.717) is 23.8 Å². The van der Waals surface area contributed by atoms with Crippen LogP contribution < -0.4 is 14.8 Å². The van der Waals surface area contributed by atoms with Crippen LogP contribution in [0.2, 0.25) is 0 Å². The van der Waals surface area contributed by atoms with Crippen molar-refractivity contribution in [2.24, 2.45) is 0 Å². The lowest BCUT2D eigenvalue weighted by molar-refractivity contribution is -0.118. The van der Waals surface area contributed by atoms with Crippen molar-refractivity contribution in [3.63, 3.8) is 0 Å². The Morgan fingerprint density at radius 1 is 1.03 bits per heavy atom. The molecule has 0 bridgehead atoms. The number of ether oxygens (including phenoxy) is 2. The lowest BCUT2D eigenvalue weighted by Gasteiger charge is -2.21. The lowest BCUT2D eigenvalue weighted by atomic mass is 10.3. The first-order valence-corrected chi connectivity index (χ1v) is 10.9. The van der Waals surface area contributed by atoms with Crippen molar-refractivity contribution in [2.45, 2.75) is 38.1 Å². The third-order valence-corrected chi connectivity index (χ3v) is 6.26. The Labute approximate surface area is 172 Å². The zero-order valence-corrected chi connectivity index (χ0v) is 18.0. The van der Waals surface area contributed by atoms with Crippen molar-refractivity contribution in [1.82, 2.24) is 4.31 Å². The number of carbonyl (C=O) groups excluding carboxylic acids is 1. The van der Waals surface area contributed by atoms with Gasteiger partial charge in [0.1, 0.15) is 0 Å². The average Bonchev–Trinajstić information content (AvgIpc) is 2.71. The summed E-state index contributed by atoms with van der Waals surface area (Å²) in [5, 5.41) is 2.69. The molecule has 0 atom stereocenters. The van der Waals surface area contributed by atoms with Crippen LogP contribution in [-0.4, -0.2) is 44.9 Å². The molecule has 2 aromatic rings. The fourth-order valence-electron chi connectivity index (χ4n) is 2.40. The van der Waals surface area contributed by atoms with Crippen LogP contribution in [0.15, 0.2) is 53.4 Å². The molecule has 1 N–H and O–H groups in total. The summed E-state index contributed by atoms with van der Waals surface area (Å²) in [5.41, 5.74) is 0.486. The molecular formula is C21H28N2O5S. The monoisotopic (exact) mass is 420 g/mol. The van der Waals surface area contributed by atoms with Gasteiger partial charge < -0.3 is 14.8 Å². The molecule has 0 aromatic heterocycles. The van der Waals surface area contributed by atoms with E-state index in [1.54, 1.807) is 44.2 Å². The molecule has 2 rings (SSSR count). The maximum absolute atomic E-state index is 12.5. The van der Waals surface area contributed by atoms with Gasteiger partial charge in [0.05, 0.1) is 11.5 Å². The highest BCUT2D eigenvalue weighted by Crippen LogP contribution is 2.26. The second kappa shape index (κ2) is 10.3. The summed E-state index contributed by atoms with van der Waals surface area (Å²) in [6, 6.07) is 13.1. The standard InChI is InChI=1S/C21H28N2O5S/c1-5-14-27-19-8-6-7-9-20(19)28-15-21(24)22-17-10-12-18(13-11-17)29(25,26)23(4)16(2)3/h6-13,16H,5,14-15H2,1-4H3,(H,22,24). The molecule has 0 saturated heterocycles. The molecule has 0 aliphatic carbocycles. The summed E-state index contributed by atoms with van der Waals surface area (Å²) in [4.78, 5) is 12.4. The first-order chi connectivity index (χ1) is 13.8. The fraction of sp³-hybridized carbons (Fsp3) is 0.381. The highest BCUT2D eigenvalue weighted by atomic mass is 32.2. The van der Waals surface area contributed by atoms with Crippen molar-refractivity contribution < 1.29 is 22.7 Å². The van der Waals surface area contributed by atoms with E-state index in [1.165, 1.54) is 23.5 Å². The molecule has 0 unspecified atom stereocenters. The number of anilines is 1. The van der Waals surface area contributed by atoms with Crippen LogP contribution in [0.25, 0.3) is 0 Å². The van der Waals surface area contributed by atoms with Crippen molar-refractivity contribution in [3.05, 3.63) is 48.5 Å². The Balaban J connectivity index is 1.97. The summed E-state index contributed by atoms with van der Waals surface area (Å²) in [7, 11) is -2.02. The average molecular weight is 421 g/mol. The summed E-state index contributed by atoms with van der Waals surface area (Å²) < 4.78 is 37.4. The zero-order chi connectivity index (χ0) is 21.4. The minimum Gasteiger partial charge on any atom is -0.490 e. The summed E-state index contributed by atoms with van der Waals surface area (Å²) in [6.07, 6.45) is 0.869. The van der Waals surface area contributed by atoms with Crippen LogP contribution >= 0.6 is 0 Å². The van der Waals surface area contributed by atoms with Gasteiger partial charge in [0, 0.05) is 18.8 Å². The predicted molar refractivity (Wildman–Crippen MR) is 113 cm³/mol. The van der Waals surface area contributed by atoms with Crippen molar-refractivity contribution in [2.75, 3.05) is 25.6 Å². The van der Waals surface area contributed by atoms with Gasteiger partial charge in [-0.3, -0.25) is 4.79 Å². The first-order valence-electron chi connectivity index (χ1n) is 9.48. The highest BCUT2D eigenvalue weighted by Gasteiger charge is 2.22. The van der Waals surface area contributed by atoms with E-state index in [0.717, 1.165) is 6.42 Å². The van der Waals surface area contributed by atoms with E-state index in [9.17, 15) is 13.2 Å². The minimum atomic E-state index is -3.56. The lowest BCUT2D eigenvalue weighted by Crippen LogP contribution is -2.33. The van der Waals surface area contributed by atoms with E-state index in [2.05, 4.69) is 5.32 Å². The van der Waals surface area contributed by atoms with E-state index in [-0.39, 0.29) is 23.5 Å². The molecule has 0 heterocycles. The summed E-state index contributed by atoms with van der Waals surface area (Å²) >= 11 is 0. The largest absolute Gasteiger partial charge is 0.490 e. The van der Waals surface area contributed by atoms with Gasteiger partial charge in [-0.1, -0.05) is 19.1 Å². The van der Waals surface area contributed by atoms with Gasteiger partial charge in [0.25, 0.3) is 5.91 Å². The molecule has 0 aliphatic rings. The molecule has 0 spiro atoms. The van der Waals surface area contributed by atoms with Gasteiger partial charge in [0.15, 0.2) is 18.1 Å². The van der Waals surface area contributed by atoms with Gasteiger partial charge in [-0.05, 0) is 56.7 Å². The number of nitrogens with one attached hydrogen (secondary N) is 1. The van der Waals surface area contributed by atoms with E-state index in [4.69, 9.17) is 9.47 Å². The number of para-hydroxylation sites is 2. The summed E-state index contributed by atoms with van der Waals surface area (Å²) in [6.45, 7) is 5.99. The van der Waals surface area contributed by atoms with Gasteiger partial charge in [-0.25, -0.2) is 8.42 Å². The molecule has 1 amide bonds. The van der Waals surface area contributed by atoms with Gasteiger partial charge in [0.2, 0.25) is 10.0 Å². The third-order valence-electron chi connectivity index (χ3n) is 4.21. The molecule has 158 valence electrons. The van der Waals surface area contributed by atoms with Crippen molar-refractivity contribution >= 4 is 21.6 Å². The molecule has 7 nitrogen and oxygen atoms in total. The van der Waals surface area contributed by atoms with Gasteiger partial charge >= 0.3 is 0 Å². The molecule has 0 aliphatic heterocycles. The molecule has 8 heteroatoms. The van der Waals surface area contributed by atoms with Crippen LogP contribution in [0, 0.1) is 0 Å². The SMILES string of the molecule is CCCOc1ccccc1OCC(=O)Nc1ccc(S(=O)(=O)N(C)C(C)C)cc1. The van der Waals surface area contributed by atoms with Crippen molar-refractivity contribution in [1.29, 1.82) is 0 Å². The third kappa shape index (κ3) is 6.20. The topological polar surface area (TPSA) is 84.9 Å². The quantitative estimate of drug-likeness (QED) is 0.636. The molecule has 0 fully saturated rings.